The highest BCUT2D eigenvalue weighted by Crippen LogP contribution is 2.23. The average Bonchev–Trinajstić information content (AvgIpc) is 2.91. The molecule has 0 radical (unpaired) electrons. The van der Waals surface area contributed by atoms with Crippen LogP contribution in [0.25, 0.3) is 0 Å². The Kier molecular flexibility index (Phi) is 5.17. The van der Waals surface area contributed by atoms with Crippen LogP contribution in [0.1, 0.15) is 43.9 Å². The molecule has 1 aromatic carbocycles. The van der Waals surface area contributed by atoms with Crippen molar-refractivity contribution in [1.82, 2.24) is 14.7 Å². The summed E-state index contributed by atoms with van der Waals surface area (Å²) in [5.74, 6) is -2.86. The van der Waals surface area contributed by atoms with Crippen LogP contribution >= 0.6 is 0 Å². The molecule has 9 heteroatoms. The number of carbonyl (C=O) groups is 5. The highest BCUT2D eigenvalue weighted by Gasteiger charge is 2.34. The van der Waals surface area contributed by atoms with Gasteiger partial charge in [0, 0.05) is 32.7 Å². The number of likely N-dealkylation sites (tertiary alicyclic amines) is 1. The fourth-order valence-electron chi connectivity index (χ4n) is 3.47. The normalized spacial score (nSPS) is 16.9. The lowest BCUT2D eigenvalue weighted by atomic mass is 9.97. The van der Waals surface area contributed by atoms with Crippen LogP contribution in [0.3, 0.4) is 0 Å². The Morgan fingerprint density at radius 3 is 2.32 bits per heavy atom. The minimum absolute atomic E-state index is 0.152. The quantitative estimate of drug-likeness (QED) is 0.744. The second kappa shape index (κ2) is 7.41. The Bertz CT molecular complexity index is 872. The summed E-state index contributed by atoms with van der Waals surface area (Å²) in [6, 6.07) is 4.28. The molecule has 2 aliphatic heterocycles. The van der Waals surface area contributed by atoms with E-state index in [0.29, 0.717) is 25.9 Å². The number of hydrogen-bond acceptors (Lipinski definition) is 5. The van der Waals surface area contributed by atoms with Crippen molar-refractivity contribution in [3.8, 4) is 0 Å². The highest BCUT2D eigenvalue weighted by molar-refractivity contribution is 6.21. The van der Waals surface area contributed by atoms with E-state index < -0.39 is 29.6 Å². The number of aliphatic carboxylic acids is 1. The summed E-state index contributed by atoms with van der Waals surface area (Å²) in [4.78, 5) is 63.9. The van der Waals surface area contributed by atoms with Crippen molar-refractivity contribution in [2.24, 2.45) is 5.92 Å². The minimum Gasteiger partial charge on any atom is -0.481 e. The molecule has 0 saturated carbocycles. The average molecular weight is 387 g/mol. The Morgan fingerprint density at radius 1 is 1.11 bits per heavy atom. The van der Waals surface area contributed by atoms with E-state index in [-0.39, 0.29) is 29.1 Å². The van der Waals surface area contributed by atoms with Gasteiger partial charge >= 0.3 is 5.97 Å². The van der Waals surface area contributed by atoms with E-state index in [1.54, 1.807) is 4.90 Å². The molecule has 1 aromatic rings. The van der Waals surface area contributed by atoms with Gasteiger partial charge in [-0.25, -0.2) is 0 Å². The van der Waals surface area contributed by atoms with E-state index in [2.05, 4.69) is 0 Å². The monoisotopic (exact) mass is 387 g/mol. The maximum atomic E-state index is 12.6. The van der Waals surface area contributed by atoms with Crippen molar-refractivity contribution >= 4 is 29.6 Å². The van der Waals surface area contributed by atoms with Gasteiger partial charge in [-0.1, -0.05) is 0 Å². The number of carboxylic acid groups (broad SMARTS) is 1. The van der Waals surface area contributed by atoms with Gasteiger partial charge in [0.1, 0.15) is 0 Å². The molecule has 0 aromatic heterocycles. The molecule has 3 rings (SSSR count). The van der Waals surface area contributed by atoms with Crippen LogP contribution in [0.2, 0.25) is 0 Å². The SMILES string of the molecule is CN(CC(=O)N1CCC(C(=O)O)CC1)C(=O)c1ccc2c(c1)C(=O)N(C)C2=O. The summed E-state index contributed by atoms with van der Waals surface area (Å²) in [6.45, 7) is 0.541. The van der Waals surface area contributed by atoms with Crippen LogP contribution in [0.5, 0.6) is 0 Å². The third-order valence-corrected chi connectivity index (χ3v) is 5.25. The van der Waals surface area contributed by atoms with Crippen LogP contribution in [0, 0.1) is 5.92 Å². The number of carboxylic acids is 1. The number of nitrogens with zero attached hydrogens (tertiary/aromatic N) is 3. The predicted molar refractivity (Wildman–Crippen MR) is 96.8 cm³/mol. The smallest absolute Gasteiger partial charge is 0.306 e. The molecule has 1 saturated heterocycles. The lowest BCUT2D eigenvalue weighted by molar-refractivity contribution is -0.145. The van der Waals surface area contributed by atoms with E-state index in [0.717, 1.165) is 4.90 Å². The Morgan fingerprint density at radius 2 is 1.71 bits per heavy atom. The fourth-order valence-corrected chi connectivity index (χ4v) is 3.47. The van der Waals surface area contributed by atoms with E-state index in [1.807, 2.05) is 0 Å². The van der Waals surface area contributed by atoms with Crippen molar-refractivity contribution in [2.45, 2.75) is 12.8 Å². The molecule has 28 heavy (non-hydrogen) atoms. The predicted octanol–water partition coefficient (Wildman–Crippen LogP) is 0.308. The second-order valence-corrected chi connectivity index (χ2v) is 7.08. The number of imide groups is 1. The molecule has 0 unspecified atom stereocenters. The largest absolute Gasteiger partial charge is 0.481 e. The number of fused-ring (bicyclic) bond motifs is 1. The zero-order chi connectivity index (χ0) is 20.6. The Balaban J connectivity index is 1.64. The lowest BCUT2D eigenvalue weighted by Gasteiger charge is -2.31. The van der Waals surface area contributed by atoms with Crippen molar-refractivity contribution in [3.05, 3.63) is 34.9 Å². The Labute approximate surface area is 161 Å². The van der Waals surface area contributed by atoms with Gasteiger partial charge in [0.25, 0.3) is 17.7 Å². The van der Waals surface area contributed by atoms with Gasteiger partial charge < -0.3 is 14.9 Å². The van der Waals surface area contributed by atoms with Crippen molar-refractivity contribution < 1.29 is 29.1 Å². The summed E-state index contributed by atoms with van der Waals surface area (Å²) in [5.41, 5.74) is 0.646. The first-order valence-electron chi connectivity index (χ1n) is 8.93. The van der Waals surface area contributed by atoms with Crippen LogP contribution < -0.4 is 0 Å². The van der Waals surface area contributed by atoms with Crippen LogP contribution in [-0.2, 0) is 9.59 Å². The molecule has 1 fully saturated rings. The molecule has 9 nitrogen and oxygen atoms in total. The summed E-state index contributed by atoms with van der Waals surface area (Å²) >= 11 is 0. The number of rotatable bonds is 4. The van der Waals surface area contributed by atoms with E-state index in [1.165, 1.54) is 37.2 Å². The molecule has 0 spiro atoms. The van der Waals surface area contributed by atoms with Crippen LogP contribution in [0.4, 0.5) is 0 Å². The maximum absolute atomic E-state index is 12.6. The van der Waals surface area contributed by atoms with Crippen LogP contribution in [0.15, 0.2) is 18.2 Å². The van der Waals surface area contributed by atoms with Gasteiger partial charge in [0.15, 0.2) is 0 Å². The molecule has 4 amide bonds. The number of carbonyl (C=O) groups excluding carboxylic acids is 4. The highest BCUT2D eigenvalue weighted by atomic mass is 16.4. The van der Waals surface area contributed by atoms with Crippen LogP contribution in [-0.4, -0.2) is 83.1 Å². The van der Waals surface area contributed by atoms with Crippen molar-refractivity contribution in [2.75, 3.05) is 33.7 Å². The fraction of sp³-hybridized carbons (Fsp3) is 0.421. The molecular formula is C19H21N3O6. The topological polar surface area (TPSA) is 115 Å². The van der Waals surface area contributed by atoms with Gasteiger partial charge in [-0.05, 0) is 31.0 Å². The maximum Gasteiger partial charge on any atom is 0.306 e. The zero-order valence-electron chi connectivity index (χ0n) is 15.7. The zero-order valence-corrected chi connectivity index (χ0v) is 15.7. The standard InChI is InChI=1S/C19H21N3O6/c1-20(10-15(23)22-7-5-11(6-8-22)19(27)28)16(24)12-3-4-13-14(9-12)18(26)21(2)17(13)25/h3-4,9,11H,5-8,10H2,1-2H3,(H,27,28). The first-order chi connectivity index (χ1) is 13.2. The molecule has 2 heterocycles. The molecule has 2 aliphatic rings. The Hall–Kier alpha value is -3.23. The summed E-state index contributed by atoms with van der Waals surface area (Å²) in [7, 11) is 2.86. The first kappa shape index (κ1) is 19.5. The summed E-state index contributed by atoms with van der Waals surface area (Å²) in [6.07, 6.45) is 0.792. The van der Waals surface area contributed by atoms with Gasteiger partial charge in [-0.3, -0.25) is 28.9 Å². The molecule has 148 valence electrons. The number of piperidine rings is 1. The number of likely N-dealkylation sites (N-methyl/N-ethyl adjacent to an activating group) is 1. The minimum atomic E-state index is -0.852. The molecular weight excluding hydrogens is 366 g/mol. The van der Waals surface area contributed by atoms with Gasteiger partial charge in [0.2, 0.25) is 5.91 Å². The van der Waals surface area contributed by atoms with E-state index >= 15 is 0 Å². The summed E-state index contributed by atoms with van der Waals surface area (Å²) < 4.78 is 0. The lowest BCUT2D eigenvalue weighted by Crippen LogP contribution is -2.45. The second-order valence-electron chi connectivity index (χ2n) is 7.08. The number of amides is 4. The van der Waals surface area contributed by atoms with Crippen molar-refractivity contribution in [1.29, 1.82) is 0 Å². The third-order valence-electron chi connectivity index (χ3n) is 5.25. The van der Waals surface area contributed by atoms with Crippen molar-refractivity contribution in [3.63, 3.8) is 0 Å². The molecule has 0 aliphatic carbocycles. The molecule has 0 atom stereocenters. The third kappa shape index (κ3) is 3.47. The first-order valence-corrected chi connectivity index (χ1v) is 8.93. The number of hydrogen-bond donors (Lipinski definition) is 1. The van der Waals surface area contributed by atoms with E-state index in [9.17, 15) is 24.0 Å². The molecule has 0 bridgehead atoms. The van der Waals surface area contributed by atoms with Gasteiger partial charge in [-0.15, -0.1) is 0 Å². The molecule has 1 N–H and O–H groups in total. The van der Waals surface area contributed by atoms with Gasteiger partial charge in [0.05, 0.1) is 23.6 Å². The summed E-state index contributed by atoms with van der Waals surface area (Å²) in [5, 5.41) is 9.02. The van der Waals surface area contributed by atoms with Gasteiger partial charge in [-0.2, -0.15) is 0 Å². The van der Waals surface area contributed by atoms with E-state index in [4.69, 9.17) is 5.11 Å². The number of benzene rings is 1.